The maximum absolute atomic E-state index is 13.6. The highest BCUT2D eigenvalue weighted by atomic mass is 16.7. The van der Waals surface area contributed by atoms with Crippen molar-refractivity contribution >= 4 is 5.78 Å². The number of benzene rings is 2. The fourth-order valence-electron chi connectivity index (χ4n) is 3.92. The van der Waals surface area contributed by atoms with E-state index >= 15 is 0 Å². The molecule has 0 aliphatic carbocycles. The maximum Gasteiger partial charge on any atom is 0.188 e. The number of fused-ring (bicyclic) bond motifs is 1. The summed E-state index contributed by atoms with van der Waals surface area (Å²) < 4.78 is 49.9. The molecule has 0 amide bonds. The van der Waals surface area contributed by atoms with Gasteiger partial charge in [0.25, 0.3) is 0 Å². The Labute approximate surface area is 223 Å². The second-order valence-corrected chi connectivity index (χ2v) is 8.68. The standard InChI is InChI=1S/C28H36O10/c1-18(2)7-9-21-24(36-16-32-5)13-26-27(28(21)37-17-33-6)22(29)12-25(38-26)20-10-8-19(34-14-30-3)11-23(20)35-15-31-4/h7-8,10-11,13,25H,9,12,14-17H2,1-6H3. The SMILES string of the molecule is COCOc1ccc(C2CC(=O)c3c(cc(OCOC)c(CC=C(C)C)c3OCOC)O2)c(OCOC)c1. The number of allylic oxidation sites excluding steroid dienone is 2. The first kappa shape index (κ1) is 29.2. The van der Waals surface area contributed by atoms with E-state index in [1.165, 1.54) is 28.4 Å². The highest BCUT2D eigenvalue weighted by Gasteiger charge is 2.35. The van der Waals surface area contributed by atoms with Crippen molar-refractivity contribution in [3.05, 3.63) is 52.6 Å². The number of methoxy groups -OCH3 is 4. The smallest absolute Gasteiger partial charge is 0.188 e. The number of Topliss-reactive ketones (excluding diaryl/α,β-unsaturated/α-hetero) is 1. The van der Waals surface area contributed by atoms with Crippen LogP contribution in [0.3, 0.4) is 0 Å². The number of carbonyl (C=O) groups excluding carboxylic acids is 1. The molecule has 1 aliphatic rings. The van der Waals surface area contributed by atoms with E-state index in [9.17, 15) is 4.79 Å². The third kappa shape index (κ3) is 7.38. The Morgan fingerprint density at radius 1 is 0.868 bits per heavy atom. The maximum atomic E-state index is 13.6. The molecule has 2 aromatic rings. The molecule has 0 radical (unpaired) electrons. The topological polar surface area (TPSA) is 100 Å². The largest absolute Gasteiger partial charge is 0.484 e. The average molecular weight is 533 g/mol. The van der Waals surface area contributed by atoms with Gasteiger partial charge in [0.15, 0.2) is 33.0 Å². The van der Waals surface area contributed by atoms with E-state index in [-0.39, 0.29) is 39.4 Å². The van der Waals surface area contributed by atoms with Crippen molar-refractivity contribution in [2.45, 2.75) is 32.8 Å². The highest BCUT2D eigenvalue weighted by molar-refractivity contribution is 6.03. The Bertz CT molecular complexity index is 1110. The van der Waals surface area contributed by atoms with Crippen molar-refractivity contribution < 1.29 is 47.4 Å². The van der Waals surface area contributed by atoms with Crippen molar-refractivity contribution in [1.82, 2.24) is 0 Å². The Morgan fingerprint density at radius 2 is 1.50 bits per heavy atom. The van der Waals surface area contributed by atoms with Crippen molar-refractivity contribution in [1.29, 1.82) is 0 Å². The molecule has 3 rings (SSSR count). The van der Waals surface area contributed by atoms with Crippen molar-refractivity contribution in [2.75, 3.05) is 55.6 Å². The molecule has 0 bridgehead atoms. The van der Waals surface area contributed by atoms with Gasteiger partial charge in [0.2, 0.25) is 0 Å². The summed E-state index contributed by atoms with van der Waals surface area (Å²) >= 11 is 0. The molecule has 38 heavy (non-hydrogen) atoms. The van der Waals surface area contributed by atoms with E-state index < -0.39 is 6.10 Å². The van der Waals surface area contributed by atoms with E-state index in [2.05, 4.69) is 0 Å². The zero-order valence-electron chi connectivity index (χ0n) is 22.8. The van der Waals surface area contributed by atoms with Crippen molar-refractivity contribution in [3.8, 4) is 28.7 Å². The first-order valence-corrected chi connectivity index (χ1v) is 12.1. The van der Waals surface area contributed by atoms with E-state index in [0.29, 0.717) is 51.9 Å². The molecule has 1 heterocycles. The van der Waals surface area contributed by atoms with Crippen LogP contribution < -0.4 is 23.7 Å². The second-order valence-electron chi connectivity index (χ2n) is 8.68. The minimum Gasteiger partial charge on any atom is -0.484 e. The Balaban J connectivity index is 2.07. The molecule has 0 spiro atoms. The van der Waals surface area contributed by atoms with Crippen LogP contribution in [0.15, 0.2) is 35.9 Å². The highest BCUT2D eigenvalue weighted by Crippen LogP contribution is 2.47. The van der Waals surface area contributed by atoms with Gasteiger partial charge < -0.3 is 42.6 Å². The van der Waals surface area contributed by atoms with Crippen LogP contribution in [0.2, 0.25) is 0 Å². The number of hydrogen-bond acceptors (Lipinski definition) is 10. The van der Waals surface area contributed by atoms with E-state index in [1.54, 1.807) is 24.3 Å². The summed E-state index contributed by atoms with van der Waals surface area (Å²) in [6.07, 6.45) is 1.96. The summed E-state index contributed by atoms with van der Waals surface area (Å²) in [6.45, 7) is 4.05. The molecule has 10 nitrogen and oxygen atoms in total. The first-order chi connectivity index (χ1) is 18.4. The van der Waals surface area contributed by atoms with Gasteiger partial charge in [-0.25, -0.2) is 0 Å². The van der Waals surface area contributed by atoms with Crippen LogP contribution in [-0.2, 0) is 25.4 Å². The molecule has 0 aromatic heterocycles. The van der Waals surface area contributed by atoms with Crippen LogP contribution in [0.5, 0.6) is 28.7 Å². The number of ketones is 1. The van der Waals surface area contributed by atoms with Crippen molar-refractivity contribution in [3.63, 3.8) is 0 Å². The van der Waals surface area contributed by atoms with E-state index in [1.807, 2.05) is 19.9 Å². The summed E-state index contributed by atoms with van der Waals surface area (Å²) in [7, 11) is 6.12. The number of hydrogen-bond donors (Lipinski definition) is 0. The Kier molecular flexibility index (Phi) is 11.2. The van der Waals surface area contributed by atoms with Crippen LogP contribution in [0.1, 0.15) is 47.9 Å². The van der Waals surface area contributed by atoms with E-state index in [0.717, 1.165) is 5.57 Å². The first-order valence-electron chi connectivity index (χ1n) is 12.1. The normalized spacial score (nSPS) is 14.4. The molecule has 1 unspecified atom stereocenters. The molecule has 10 heteroatoms. The zero-order chi connectivity index (χ0) is 27.5. The third-order valence-corrected chi connectivity index (χ3v) is 5.60. The molecular weight excluding hydrogens is 496 g/mol. The molecule has 0 fully saturated rings. The quantitative estimate of drug-likeness (QED) is 0.234. The minimum atomic E-state index is -0.632. The molecule has 2 aromatic carbocycles. The van der Waals surface area contributed by atoms with Crippen LogP contribution >= 0.6 is 0 Å². The Morgan fingerprint density at radius 3 is 2.16 bits per heavy atom. The molecule has 0 N–H and O–H groups in total. The molecule has 1 aliphatic heterocycles. The van der Waals surface area contributed by atoms with Gasteiger partial charge in [-0.05, 0) is 32.4 Å². The lowest BCUT2D eigenvalue weighted by Crippen LogP contribution is -2.23. The molecule has 0 saturated heterocycles. The molecule has 0 saturated carbocycles. The van der Waals surface area contributed by atoms with Gasteiger partial charge >= 0.3 is 0 Å². The summed E-state index contributed by atoms with van der Waals surface area (Å²) in [5.74, 6) is 2.06. The second kappa shape index (κ2) is 14.6. The fourth-order valence-corrected chi connectivity index (χ4v) is 3.92. The summed E-state index contributed by atoms with van der Waals surface area (Å²) in [4.78, 5) is 13.6. The Hall–Kier alpha value is -3.31. The molecular formula is C28H36O10. The van der Waals surface area contributed by atoms with Crippen LogP contribution in [0, 0.1) is 0 Å². The van der Waals surface area contributed by atoms with Gasteiger partial charge in [-0.1, -0.05) is 11.6 Å². The monoisotopic (exact) mass is 532 g/mol. The lowest BCUT2D eigenvalue weighted by Gasteiger charge is -2.30. The van der Waals surface area contributed by atoms with Crippen molar-refractivity contribution in [2.24, 2.45) is 0 Å². The summed E-state index contributed by atoms with van der Waals surface area (Å²) in [5.41, 5.74) is 2.83. The van der Waals surface area contributed by atoms with Gasteiger partial charge in [-0.2, -0.15) is 0 Å². The molecule has 1 atom stereocenters. The summed E-state index contributed by atoms with van der Waals surface area (Å²) in [6, 6.07) is 6.98. The van der Waals surface area contributed by atoms with Gasteiger partial charge in [0, 0.05) is 51.7 Å². The predicted molar refractivity (Wildman–Crippen MR) is 138 cm³/mol. The summed E-state index contributed by atoms with van der Waals surface area (Å²) in [5, 5.41) is 0. The van der Waals surface area contributed by atoms with Gasteiger partial charge in [-0.3, -0.25) is 4.79 Å². The number of rotatable bonds is 15. The lowest BCUT2D eigenvalue weighted by atomic mass is 9.92. The van der Waals surface area contributed by atoms with Crippen LogP contribution in [0.4, 0.5) is 0 Å². The average Bonchev–Trinajstić information content (AvgIpc) is 2.91. The molecule has 208 valence electrons. The lowest BCUT2D eigenvalue weighted by molar-refractivity contribution is 0.0416. The van der Waals surface area contributed by atoms with Gasteiger partial charge in [0.05, 0.1) is 6.42 Å². The van der Waals surface area contributed by atoms with Crippen LogP contribution in [-0.4, -0.2) is 61.4 Å². The zero-order valence-corrected chi connectivity index (χ0v) is 22.8. The minimum absolute atomic E-state index is 0.00964. The predicted octanol–water partition coefficient (Wildman–Crippen LogP) is 4.83. The van der Waals surface area contributed by atoms with Gasteiger partial charge in [-0.15, -0.1) is 0 Å². The number of carbonyl (C=O) groups is 1. The van der Waals surface area contributed by atoms with Crippen LogP contribution in [0.25, 0.3) is 0 Å². The third-order valence-electron chi connectivity index (χ3n) is 5.60. The number of ether oxygens (including phenoxy) is 9. The van der Waals surface area contributed by atoms with Gasteiger partial charge in [0.1, 0.15) is 40.4 Å². The fraction of sp³-hybridized carbons (Fsp3) is 0.464. The van der Waals surface area contributed by atoms with E-state index in [4.69, 9.17) is 42.6 Å².